The zero-order valence-electron chi connectivity index (χ0n) is 11.1. The highest BCUT2D eigenvalue weighted by Gasteiger charge is 2.19. The molecule has 0 aromatic carbocycles. The van der Waals surface area contributed by atoms with E-state index in [0.29, 0.717) is 0 Å². The number of imidazole rings is 1. The van der Waals surface area contributed by atoms with Gasteiger partial charge >= 0.3 is 0 Å². The summed E-state index contributed by atoms with van der Waals surface area (Å²) in [5, 5.41) is 0. The molecule has 1 aliphatic rings. The summed E-state index contributed by atoms with van der Waals surface area (Å²) >= 11 is 0. The fourth-order valence-electron chi connectivity index (χ4n) is 2.80. The van der Waals surface area contributed by atoms with Crippen LogP contribution in [0.2, 0.25) is 0 Å². The fraction of sp³-hybridized carbons (Fsp3) is 0.467. The van der Waals surface area contributed by atoms with Gasteiger partial charge in [0.15, 0.2) is 0 Å². The summed E-state index contributed by atoms with van der Waals surface area (Å²) in [6.45, 7) is 3.31. The van der Waals surface area contributed by atoms with Gasteiger partial charge in [-0.3, -0.25) is 9.88 Å². The van der Waals surface area contributed by atoms with Gasteiger partial charge < -0.3 is 4.98 Å². The number of likely N-dealkylation sites (tertiary alicyclic amines) is 1. The topological polar surface area (TPSA) is 44.8 Å². The average molecular weight is 256 g/mol. The van der Waals surface area contributed by atoms with E-state index >= 15 is 0 Å². The van der Waals surface area contributed by atoms with E-state index in [2.05, 4.69) is 32.0 Å². The molecule has 0 radical (unpaired) electrons. The summed E-state index contributed by atoms with van der Waals surface area (Å²) in [7, 11) is 0. The number of hydrogen-bond donors (Lipinski definition) is 1. The van der Waals surface area contributed by atoms with Gasteiger partial charge in [-0.1, -0.05) is 0 Å². The second kappa shape index (κ2) is 5.97. The predicted octanol–water partition coefficient (Wildman–Crippen LogP) is 2.26. The van der Waals surface area contributed by atoms with Crippen molar-refractivity contribution in [3.05, 3.63) is 48.3 Å². The van der Waals surface area contributed by atoms with Gasteiger partial charge in [0.1, 0.15) is 5.82 Å². The highest BCUT2D eigenvalue weighted by atomic mass is 15.1. The van der Waals surface area contributed by atoms with Gasteiger partial charge in [0.25, 0.3) is 0 Å². The van der Waals surface area contributed by atoms with Crippen LogP contribution in [-0.4, -0.2) is 32.9 Å². The average Bonchev–Trinajstić information content (AvgIpc) is 2.95. The van der Waals surface area contributed by atoms with Crippen LogP contribution < -0.4 is 0 Å². The number of piperidine rings is 1. The molecule has 4 nitrogen and oxygen atoms in total. The number of nitrogens with one attached hydrogen (secondary N) is 1. The number of aromatic nitrogens is 3. The quantitative estimate of drug-likeness (QED) is 0.912. The van der Waals surface area contributed by atoms with Gasteiger partial charge in [0, 0.05) is 24.8 Å². The van der Waals surface area contributed by atoms with Gasteiger partial charge in [0.05, 0.1) is 6.54 Å². The van der Waals surface area contributed by atoms with E-state index in [1.54, 1.807) is 0 Å². The molecular weight excluding hydrogens is 236 g/mol. The SMILES string of the molecule is c1cc(CC2CCN(Cc3ncc[nH]3)CC2)ccn1. The van der Waals surface area contributed by atoms with Crippen LogP contribution in [-0.2, 0) is 13.0 Å². The van der Waals surface area contributed by atoms with Gasteiger partial charge in [0.2, 0.25) is 0 Å². The van der Waals surface area contributed by atoms with Gasteiger partial charge in [-0.05, 0) is 56.0 Å². The van der Waals surface area contributed by atoms with Crippen molar-refractivity contribution in [1.29, 1.82) is 0 Å². The lowest BCUT2D eigenvalue weighted by molar-refractivity contribution is 0.174. The lowest BCUT2D eigenvalue weighted by Gasteiger charge is -2.31. The van der Waals surface area contributed by atoms with Crippen LogP contribution in [0.25, 0.3) is 0 Å². The molecule has 4 heteroatoms. The molecule has 3 rings (SSSR count). The second-order valence-electron chi connectivity index (χ2n) is 5.31. The lowest BCUT2D eigenvalue weighted by atomic mass is 9.90. The number of hydrogen-bond acceptors (Lipinski definition) is 3. The summed E-state index contributed by atoms with van der Waals surface area (Å²) in [5.41, 5.74) is 1.42. The van der Waals surface area contributed by atoms with E-state index in [1.807, 2.05) is 24.8 Å². The molecule has 1 N–H and O–H groups in total. The molecule has 2 aromatic rings. The van der Waals surface area contributed by atoms with Crippen molar-refractivity contribution in [1.82, 2.24) is 19.9 Å². The molecule has 1 aliphatic heterocycles. The number of rotatable bonds is 4. The van der Waals surface area contributed by atoms with Crippen LogP contribution in [0.4, 0.5) is 0 Å². The summed E-state index contributed by atoms with van der Waals surface area (Å²) in [6.07, 6.45) is 11.3. The van der Waals surface area contributed by atoms with Gasteiger partial charge in [-0.15, -0.1) is 0 Å². The zero-order valence-corrected chi connectivity index (χ0v) is 11.1. The van der Waals surface area contributed by atoms with Crippen LogP contribution in [0.5, 0.6) is 0 Å². The summed E-state index contributed by atoms with van der Waals surface area (Å²) < 4.78 is 0. The fourth-order valence-corrected chi connectivity index (χ4v) is 2.80. The lowest BCUT2D eigenvalue weighted by Crippen LogP contribution is -2.34. The zero-order chi connectivity index (χ0) is 12.9. The molecule has 100 valence electrons. The standard InChI is InChI=1S/C15H20N4/c1-5-16-6-2-13(1)11-14-3-9-19(10-4-14)12-15-17-7-8-18-15/h1-2,5-8,14H,3-4,9-12H2,(H,17,18). The van der Waals surface area contributed by atoms with Crippen molar-refractivity contribution in [2.24, 2.45) is 5.92 Å². The molecule has 19 heavy (non-hydrogen) atoms. The molecular formula is C15H20N4. The number of aromatic amines is 1. The van der Waals surface area contributed by atoms with Crippen molar-refractivity contribution >= 4 is 0 Å². The Kier molecular flexibility index (Phi) is 3.89. The van der Waals surface area contributed by atoms with Crippen LogP contribution in [0, 0.1) is 5.92 Å². The highest BCUT2D eigenvalue weighted by Crippen LogP contribution is 2.22. The second-order valence-corrected chi connectivity index (χ2v) is 5.31. The largest absolute Gasteiger partial charge is 0.348 e. The Morgan fingerprint density at radius 1 is 1.16 bits per heavy atom. The van der Waals surface area contributed by atoms with E-state index in [0.717, 1.165) is 18.3 Å². The molecule has 0 bridgehead atoms. The first-order chi connectivity index (χ1) is 9.40. The normalized spacial score (nSPS) is 17.7. The number of pyridine rings is 1. The Hall–Kier alpha value is -1.68. The van der Waals surface area contributed by atoms with Crippen LogP contribution in [0.1, 0.15) is 24.2 Å². The Bertz CT molecular complexity index is 472. The molecule has 0 saturated carbocycles. The van der Waals surface area contributed by atoms with Crippen LogP contribution in [0.3, 0.4) is 0 Å². The molecule has 0 aliphatic carbocycles. The third-order valence-electron chi connectivity index (χ3n) is 3.91. The maximum absolute atomic E-state index is 4.29. The predicted molar refractivity (Wildman–Crippen MR) is 74.5 cm³/mol. The molecule has 3 heterocycles. The Morgan fingerprint density at radius 3 is 2.63 bits per heavy atom. The number of nitrogens with zero attached hydrogens (tertiary/aromatic N) is 3. The minimum absolute atomic E-state index is 0.815. The van der Waals surface area contributed by atoms with E-state index in [4.69, 9.17) is 0 Å². The van der Waals surface area contributed by atoms with E-state index in [-0.39, 0.29) is 0 Å². The third-order valence-corrected chi connectivity index (χ3v) is 3.91. The molecule has 0 amide bonds. The molecule has 1 saturated heterocycles. The molecule has 0 spiro atoms. The van der Waals surface area contributed by atoms with Gasteiger partial charge in [-0.2, -0.15) is 0 Å². The monoisotopic (exact) mass is 256 g/mol. The van der Waals surface area contributed by atoms with E-state index in [1.165, 1.54) is 37.9 Å². The molecule has 1 fully saturated rings. The Morgan fingerprint density at radius 2 is 1.95 bits per heavy atom. The van der Waals surface area contributed by atoms with Gasteiger partial charge in [-0.25, -0.2) is 4.98 Å². The van der Waals surface area contributed by atoms with Crippen LogP contribution >= 0.6 is 0 Å². The smallest absolute Gasteiger partial charge is 0.120 e. The van der Waals surface area contributed by atoms with Crippen molar-refractivity contribution in [2.75, 3.05) is 13.1 Å². The van der Waals surface area contributed by atoms with Crippen molar-refractivity contribution in [2.45, 2.75) is 25.8 Å². The maximum atomic E-state index is 4.29. The first-order valence-corrected chi connectivity index (χ1v) is 6.99. The van der Waals surface area contributed by atoms with Crippen LogP contribution in [0.15, 0.2) is 36.9 Å². The molecule has 0 unspecified atom stereocenters. The summed E-state index contributed by atoms with van der Waals surface area (Å²) in [5.74, 6) is 1.89. The van der Waals surface area contributed by atoms with E-state index < -0.39 is 0 Å². The Balaban J connectivity index is 1.47. The minimum atomic E-state index is 0.815. The summed E-state index contributed by atoms with van der Waals surface area (Å²) in [4.78, 5) is 14.0. The first kappa shape index (κ1) is 12.4. The maximum Gasteiger partial charge on any atom is 0.120 e. The van der Waals surface area contributed by atoms with E-state index in [9.17, 15) is 0 Å². The Labute approximate surface area is 113 Å². The van der Waals surface area contributed by atoms with Crippen molar-refractivity contribution < 1.29 is 0 Å². The minimum Gasteiger partial charge on any atom is -0.348 e. The third kappa shape index (κ3) is 3.41. The number of H-pyrrole nitrogens is 1. The summed E-state index contributed by atoms with van der Waals surface area (Å²) in [6, 6.07) is 4.27. The van der Waals surface area contributed by atoms with Crippen molar-refractivity contribution in [3.8, 4) is 0 Å². The molecule has 0 atom stereocenters. The highest BCUT2D eigenvalue weighted by molar-refractivity contribution is 5.10. The first-order valence-electron chi connectivity index (χ1n) is 6.99. The van der Waals surface area contributed by atoms with Crippen molar-refractivity contribution in [3.63, 3.8) is 0 Å². The molecule has 2 aromatic heterocycles.